The molecule has 1 aromatic carbocycles. The van der Waals surface area contributed by atoms with E-state index in [1.807, 2.05) is 13.8 Å². The number of nitrogens with zero attached hydrogens (tertiary/aromatic N) is 1. The summed E-state index contributed by atoms with van der Waals surface area (Å²) in [6.45, 7) is 4.61. The first-order valence-corrected chi connectivity index (χ1v) is 6.83. The highest BCUT2D eigenvalue weighted by Gasteiger charge is 2.13. The van der Waals surface area contributed by atoms with Gasteiger partial charge in [0, 0.05) is 19.2 Å². The standard InChI is InChI=1S/C16H20FNO3/c1-12(2)11-18(10-9-16(20)21)15(19)8-5-13-3-6-14(17)7-4-13/h3-8,12H,9-11H2,1-2H3,(H,20,21)/b8-5+. The Morgan fingerprint density at radius 3 is 2.43 bits per heavy atom. The quantitative estimate of drug-likeness (QED) is 0.786. The molecule has 0 aliphatic rings. The summed E-state index contributed by atoms with van der Waals surface area (Å²) < 4.78 is 12.8. The molecule has 0 aliphatic heterocycles. The van der Waals surface area contributed by atoms with E-state index in [9.17, 15) is 14.0 Å². The second-order valence-corrected chi connectivity index (χ2v) is 5.21. The number of hydrogen-bond donors (Lipinski definition) is 1. The number of benzene rings is 1. The molecular formula is C16H20FNO3. The van der Waals surface area contributed by atoms with Crippen LogP contribution in [0.15, 0.2) is 30.3 Å². The van der Waals surface area contributed by atoms with Crippen molar-refractivity contribution in [2.45, 2.75) is 20.3 Å². The van der Waals surface area contributed by atoms with E-state index in [0.29, 0.717) is 12.1 Å². The maximum atomic E-state index is 12.8. The van der Waals surface area contributed by atoms with Crippen LogP contribution in [0.5, 0.6) is 0 Å². The summed E-state index contributed by atoms with van der Waals surface area (Å²) in [5.74, 6) is -1.25. The molecule has 1 N–H and O–H groups in total. The SMILES string of the molecule is CC(C)CN(CCC(=O)O)C(=O)/C=C/c1ccc(F)cc1. The van der Waals surface area contributed by atoms with Crippen molar-refractivity contribution >= 4 is 18.0 Å². The van der Waals surface area contributed by atoms with E-state index in [0.717, 1.165) is 0 Å². The molecule has 0 spiro atoms. The summed E-state index contributed by atoms with van der Waals surface area (Å²) >= 11 is 0. The van der Waals surface area contributed by atoms with Gasteiger partial charge in [-0.15, -0.1) is 0 Å². The summed E-state index contributed by atoms with van der Waals surface area (Å²) in [5, 5.41) is 8.72. The first kappa shape index (κ1) is 16.9. The Hall–Kier alpha value is -2.17. The molecule has 0 bridgehead atoms. The summed E-state index contributed by atoms with van der Waals surface area (Å²) in [4.78, 5) is 24.2. The Morgan fingerprint density at radius 1 is 1.29 bits per heavy atom. The van der Waals surface area contributed by atoms with Crippen LogP contribution in [0, 0.1) is 11.7 Å². The molecule has 0 saturated carbocycles. The molecule has 0 saturated heterocycles. The Labute approximate surface area is 123 Å². The Bertz CT molecular complexity index is 509. The Kier molecular flexibility index (Phi) is 6.59. The molecule has 0 unspecified atom stereocenters. The third kappa shape index (κ3) is 6.70. The average molecular weight is 293 g/mol. The number of aliphatic carboxylic acids is 1. The highest BCUT2D eigenvalue weighted by molar-refractivity contribution is 5.92. The zero-order valence-corrected chi connectivity index (χ0v) is 12.3. The Morgan fingerprint density at radius 2 is 1.90 bits per heavy atom. The first-order chi connectivity index (χ1) is 9.88. The minimum absolute atomic E-state index is 0.0805. The molecule has 0 aliphatic carbocycles. The van der Waals surface area contributed by atoms with Crippen LogP contribution in [0.1, 0.15) is 25.8 Å². The molecule has 4 nitrogen and oxygen atoms in total. The number of halogens is 1. The third-order valence-corrected chi connectivity index (χ3v) is 2.78. The maximum absolute atomic E-state index is 12.8. The predicted octanol–water partition coefficient (Wildman–Crippen LogP) is 2.80. The van der Waals surface area contributed by atoms with E-state index >= 15 is 0 Å². The van der Waals surface area contributed by atoms with Crippen LogP contribution in [0.25, 0.3) is 6.08 Å². The number of carbonyl (C=O) groups is 2. The smallest absolute Gasteiger partial charge is 0.305 e. The van der Waals surface area contributed by atoms with Gasteiger partial charge in [0.25, 0.3) is 0 Å². The zero-order chi connectivity index (χ0) is 15.8. The topological polar surface area (TPSA) is 57.6 Å². The van der Waals surface area contributed by atoms with Crippen LogP contribution in [0.2, 0.25) is 0 Å². The molecule has 5 heteroatoms. The maximum Gasteiger partial charge on any atom is 0.305 e. The van der Waals surface area contributed by atoms with Crippen molar-refractivity contribution in [1.82, 2.24) is 4.90 Å². The lowest BCUT2D eigenvalue weighted by atomic mass is 10.2. The highest BCUT2D eigenvalue weighted by Crippen LogP contribution is 2.07. The molecule has 1 amide bonds. The van der Waals surface area contributed by atoms with Crippen LogP contribution in [-0.4, -0.2) is 35.0 Å². The van der Waals surface area contributed by atoms with E-state index in [1.165, 1.54) is 23.1 Å². The van der Waals surface area contributed by atoms with Gasteiger partial charge in [0.1, 0.15) is 5.82 Å². The second kappa shape index (κ2) is 8.19. The van der Waals surface area contributed by atoms with Gasteiger partial charge >= 0.3 is 5.97 Å². The second-order valence-electron chi connectivity index (χ2n) is 5.21. The number of carbonyl (C=O) groups excluding carboxylic acids is 1. The minimum Gasteiger partial charge on any atom is -0.481 e. The van der Waals surface area contributed by atoms with E-state index in [1.54, 1.807) is 18.2 Å². The normalized spacial score (nSPS) is 11.0. The van der Waals surface area contributed by atoms with Crippen LogP contribution in [0.4, 0.5) is 4.39 Å². The number of carboxylic acids is 1. The van der Waals surface area contributed by atoms with Gasteiger partial charge in [-0.3, -0.25) is 9.59 Å². The van der Waals surface area contributed by atoms with Gasteiger partial charge in [-0.05, 0) is 29.7 Å². The monoisotopic (exact) mass is 293 g/mol. The molecule has 0 atom stereocenters. The lowest BCUT2D eigenvalue weighted by Gasteiger charge is -2.22. The Balaban J connectivity index is 2.70. The molecule has 1 aromatic rings. The van der Waals surface area contributed by atoms with Gasteiger partial charge in [0.2, 0.25) is 5.91 Å². The van der Waals surface area contributed by atoms with Crippen molar-refractivity contribution in [3.8, 4) is 0 Å². The predicted molar refractivity (Wildman–Crippen MR) is 79.1 cm³/mol. The molecule has 0 fully saturated rings. The van der Waals surface area contributed by atoms with E-state index in [-0.39, 0.29) is 30.6 Å². The lowest BCUT2D eigenvalue weighted by Crippen LogP contribution is -2.34. The van der Waals surface area contributed by atoms with Gasteiger partial charge < -0.3 is 10.0 Å². The van der Waals surface area contributed by atoms with Gasteiger partial charge in [-0.2, -0.15) is 0 Å². The lowest BCUT2D eigenvalue weighted by molar-refractivity contribution is -0.138. The van der Waals surface area contributed by atoms with Gasteiger partial charge in [-0.1, -0.05) is 26.0 Å². The van der Waals surface area contributed by atoms with Crippen molar-refractivity contribution in [3.05, 3.63) is 41.7 Å². The number of carboxylic acid groups (broad SMARTS) is 1. The van der Waals surface area contributed by atoms with Gasteiger partial charge in [0.15, 0.2) is 0 Å². The van der Waals surface area contributed by atoms with Crippen molar-refractivity contribution in [2.24, 2.45) is 5.92 Å². The van der Waals surface area contributed by atoms with E-state index in [4.69, 9.17) is 5.11 Å². The zero-order valence-electron chi connectivity index (χ0n) is 12.3. The molecule has 0 aromatic heterocycles. The fourth-order valence-corrected chi connectivity index (χ4v) is 1.81. The van der Waals surface area contributed by atoms with E-state index in [2.05, 4.69) is 0 Å². The minimum atomic E-state index is -0.931. The summed E-state index contributed by atoms with van der Waals surface area (Å²) in [6.07, 6.45) is 2.90. The molecule has 114 valence electrons. The van der Waals surface area contributed by atoms with Gasteiger partial charge in [-0.25, -0.2) is 4.39 Å². The number of amides is 1. The van der Waals surface area contributed by atoms with Crippen molar-refractivity contribution in [3.63, 3.8) is 0 Å². The van der Waals surface area contributed by atoms with Crippen molar-refractivity contribution in [1.29, 1.82) is 0 Å². The summed E-state index contributed by atoms with van der Waals surface area (Å²) in [6, 6.07) is 5.78. The first-order valence-electron chi connectivity index (χ1n) is 6.83. The molecular weight excluding hydrogens is 273 g/mol. The number of rotatable bonds is 7. The number of hydrogen-bond acceptors (Lipinski definition) is 2. The molecule has 1 rings (SSSR count). The van der Waals surface area contributed by atoms with Crippen LogP contribution in [0.3, 0.4) is 0 Å². The fraction of sp³-hybridized carbons (Fsp3) is 0.375. The fourth-order valence-electron chi connectivity index (χ4n) is 1.81. The molecule has 0 radical (unpaired) electrons. The largest absolute Gasteiger partial charge is 0.481 e. The average Bonchev–Trinajstić information content (AvgIpc) is 2.42. The van der Waals surface area contributed by atoms with Crippen LogP contribution in [-0.2, 0) is 9.59 Å². The van der Waals surface area contributed by atoms with Crippen LogP contribution < -0.4 is 0 Å². The van der Waals surface area contributed by atoms with Crippen molar-refractivity contribution < 1.29 is 19.1 Å². The van der Waals surface area contributed by atoms with Gasteiger partial charge in [0.05, 0.1) is 6.42 Å². The van der Waals surface area contributed by atoms with E-state index < -0.39 is 5.97 Å². The molecule has 0 heterocycles. The summed E-state index contributed by atoms with van der Waals surface area (Å²) in [7, 11) is 0. The molecule has 21 heavy (non-hydrogen) atoms. The van der Waals surface area contributed by atoms with Crippen molar-refractivity contribution in [2.75, 3.05) is 13.1 Å². The highest BCUT2D eigenvalue weighted by atomic mass is 19.1. The van der Waals surface area contributed by atoms with Crippen LogP contribution >= 0.6 is 0 Å². The summed E-state index contributed by atoms with van der Waals surface area (Å²) in [5.41, 5.74) is 0.715. The third-order valence-electron chi connectivity index (χ3n) is 2.78.